The fourth-order valence-electron chi connectivity index (χ4n) is 2.08. The van der Waals surface area contributed by atoms with Crippen LogP contribution in [0.4, 0.5) is 0 Å². The maximum absolute atomic E-state index is 11.8. The number of nitrogens with one attached hydrogen (secondary N) is 1. The third-order valence-corrected chi connectivity index (χ3v) is 3.26. The van der Waals surface area contributed by atoms with Gasteiger partial charge in [0.1, 0.15) is 6.26 Å². The van der Waals surface area contributed by atoms with E-state index in [-0.39, 0.29) is 12.2 Å². The summed E-state index contributed by atoms with van der Waals surface area (Å²) in [5, 5.41) is 2.04. The van der Waals surface area contributed by atoms with E-state index in [1.807, 2.05) is 35.6 Å². The number of hydrogen-bond acceptors (Lipinski definition) is 7. The molecule has 132 valence electrons. The first-order valence-corrected chi connectivity index (χ1v) is 7.65. The first-order valence-electron chi connectivity index (χ1n) is 7.65. The Bertz CT molecular complexity index is 899. The van der Waals surface area contributed by atoms with E-state index in [1.165, 1.54) is 24.7 Å². The molecule has 0 fully saturated rings. The van der Waals surface area contributed by atoms with Gasteiger partial charge in [0.15, 0.2) is 12.4 Å². The standard InChI is InChI=1S/C18H14N2O6/c21-15(20-17(23)14-7-4-8-24-14)11-25-16(22)9-13-10-26-18(19-13)12-5-2-1-3-6-12/h1-8,10H,9,11H2,(H,20,21,23). The molecule has 3 aromatic rings. The summed E-state index contributed by atoms with van der Waals surface area (Å²) >= 11 is 0. The SMILES string of the molecule is O=C(COC(=O)Cc1coc(-c2ccccc2)n1)NC(=O)c1ccco1. The zero-order valence-corrected chi connectivity index (χ0v) is 13.5. The number of rotatable bonds is 6. The van der Waals surface area contributed by atoms with Crippen LogP contribution < -0.4 is 5.32 Å². The number of nitrogens with zero attached hydrogens (tertiary/aromatic N) is 1. The highest BCUT2D eigenvalue weighted by Crippen LogP contribution is 2.18. The number of esters is 1. The Hall–Kier alpha value is -3.68. The molecule has 0 spiro atoms. The summed E-state index contributed by atoms with van der Waals surface area (Å²) in [5.41, 5.74) is 1.16. The highest BCUT2D eigenvalue weighted by Gasteiger charge is 2.16. The minimum atomic E-state index is -0.759. The smallest absolute Gasteiger partial charge is 0.312 e. The fourth-order valence-corrected chi connectivity index (χ4v) is 2.08. The second-order valence-electron chi connectivity index (χ2n) is 5.20. The largest absolute Gasteiger partial charge is 0.459 e. The molecule has 0 aliphatic heterocycles. The van der Waals surface area contributed by atoms with Crippen molar-refractivity contribution in [2.24, 2.45) is 0 Å². The van der Waals surface area contributed by atoms with Crippen molar-refractivity contribution in [3.63, 3.8) is 0 Å². The number of carbonyl (C=O) groups is 3. The molecule has 0 saturated carbocycles. The Kier molecular flexibility index (Phi) is 5.23. The highest BCUT2D eigenvalue weighted by molar-refractivity contribution is 6.03. The Morgan fingerprint density at radius 3 is 2.58 bits per heavy atom. The number of benzene rings is 1. The topological polar surface area (TPSA) is 112 Å². The highest BCUT2D eigenvalue weighted by atomic mass is 16.5. The molecule has 0 radical (unpaired) electrons. The fraction of sp³-hybridized carbons (Fsp3) is 0.111. The first-order chi connectivity index (χ1) is 12.6. The summed E-state index contributed by atoms with van der Waals surface area (Å²) < 4.78 is 15.0. The maximum Gasteiger partial charge on any atom is 0.312 e. The molecule has 0 aliphatic rings. The predicted octanol–water partition coefficient (Wildman–Crippen LogP) is 1.98. The van der Waals surface area contributed by atoms with Crippen LogP contribution >= 0.6 is 0 Å². The van der Waals surface area contributed by atoms with Crippen molar-refractivity contribution in [3.8, 4) is 11.5 Å². The van der Waals surface area contributed by atoms with E-state index in [0.29, 0.717) is 11.6 Å². The molecule has 8 heteroatoms. The van der Waals surface area contributed by atoms with Gasteiger partial charge >= 0.3 is 5.97 Å². The molecule has 0 atom stereocenters. The average Bonchev–Trinajstić information content (AvgIpc) is 3.33. The van der Waals surface area contributed by atoms with Crippen molar-refractivity contribution in [2.75, 3.05) is 6.61 Å². The maximum atomic E-state index is 11.8. The van der Waals surface area contributed by atoms with Crippen molar-refractivity contribution >= 4 is 17.8 Å². The van der Waals surface area contributed by atoms with Crippen LogP contribution in [0.2, 0.25) is 0 Å². The van der Waals surface area contributed by atoms with Gasteiger partial charge in [-0.1, -0.05) is 18.2 Å². The summed E-state index contributed by atoms with van der Waals surface area (Å²) in [6.45, 7) is -0.589. The zero-order chi connectivity index (χ0) is 18.4. The van der Waals surface area contributed by atoms with Crippen LogP contribution in [0.25, 0.3) is 11.5 Å². The summed E-state index contributed by atoms with van der Waals surface area (Å²) in [7, 11) is 0. The van der Waals surface area contributed by atoms with Crippen molar-refractivity contribution in [1.29, 1.82) is 0 Å². The molecule has 2 heterocycles. The number of imide groups is 1. The number of ether oxygens (including phenoxy) is 1. The molecular formula is C18H14N2O6. The number of oxazole rings is 1. The monoisotopic (exact) mass is 354 g/mol. The van der Waals surface area contributed by atoms with Crippen LogP contribution in [0.15, 0.2) is 63.8 Å². The molecule has 8 nitrogen and oxygen atoms in total. The molecule has 26 heavy (non-hydrogen) atoms. The summed E-state index contributed by atoms with van der Waals surface area (Å²) in [6, 6.07) is 12.1. The van der Waals surface area contributed by atoms with Crippen molar-refractivity contribution in [3.05, 3.63) is 66.4 Å². The van der Waals surface area contributed by atoms with Crippen LogP contribution in [0, 0.1) is 0 Å². The summed E-state index contributed by atoms with van der Waals surface area (Å²) in [6.07, 6.45) is 2.50. The van der Waals surface area contributed by atoms with Gasteiger partial charge in [-0.2, -0.15) is 0 Å². The first kappa shape index (κ1) is 17.2. The van der Waals surface area contributed by atoms with Gasteiger partial charge < -0.3 is 13.6 Å². The van der Waals surface area contributed by atoms with Gasteiger partial charge in [0.05, 0.1) is 18.4 Å². The number of hydrogen-bond donors (Lipinski definition) is 1. The van der Waals surface area contributed by atoms with Crippen LogP contribution in [-0.2, 0) is 20.7 Å². The lowest BCUT2D eigenvalue weighted by Crippen LogP contribution is -2.34. The van der Waals surface area contributed by atoms with E-state index in [0.717, 1.165) is 5.56 Å². The number of furan rings is 1. The van der Waals surface area contributed by atoms with Crippen LogP contribution in [-0.4, -0.2) is 29.4 Å². The van der Waals surface area contributed by atoms with Crippen molar-refractivity contribution in [1.82, 2.24) is 10.3 Å². The van der Waals surface area contributed by atoms with E-state index < -0.39 is 24.4 Å². The van der Waals surface area contributed by atoms with E-state index in [2.05, 4.69) is 4.98 Å². The Labute approximate surface area is 147 Å². The van der Waals surface area contributed by atoms with Crippen LogP contribution in [0.3, 0.4) is 0 Å². The second-order valence-corrected chi connectivity index (χ2v) is 5.20. The van der Waals surface area contributed by atoms with E-state index >= 15 is 0 Å². The number of aromatic nitrogens is 1. The van der Waals surface area contributed by atoms with Crippen molar-refractivity contribution in [2.45, 2.75) is 6.42 Å². The molecular weight excluding hydrogens is 340 g/mol. The molecule has 3 rings (SSSR count). The lowest BCUT2D eigenvalue weighted by atomic mass is 10.2. The quantitative estimate of drug-likeness (QED) is 0.674. The van der Waals surface area contributed by atoms with Gasteiger partial charge in [0, 0.05) is 5.56 Å². The predicted molar refractivity (Wildman–Crippen MR) is 87.8 cm³/mol. The third kappa shape index (κ3) is 4.44. The molecule has 2 amide bonds. The van der Waals surface area contributed by atoms with Gasteiger partial charge in [-0.25, -0.2) is 4.98 Å². The minimum Gasteiger partial charge on any atom is -0.459 e. The van der Waals surface area contributed by atoms with Gasteiger partial charge in [-0.05, 0) is 24.3 Å². The van der Waals surface area contributed by atoms with Gasteiger partial charge in [0.2, 0.25) is 5.89 Å². The summed E-state index contributed by atoms with van der Waals surface area (Å²) in [4.78, 5) is 39.2. The second kappa shape index (κ2) is 7.93. The minimum absolute atomic E-state index is 0.0132. The van der Waals surface area contributed by atoms with E-state index in [1.54, 1.807) is 0 Å². The lowest BCUT2D eigenvalue weighted by Gasteiger charge is -2.03. The van der Waals surface area contributed by atoms with E-state index in [4.69, 9.17) is 13.6 Å². The molecule has 0 aliphatic carbocycles. The average molecular weight is 354 g/mol. The third-order valence-electron chi connectivity index (χ3n) is 3.26. The van der Waals surface area contributed by atoms with Crippen LogP contribution in [0.1, 0.15) is 16.2 Å². The Morgan fingerprint density at radius 2 is 1.85 bits per heavy atom. The molecule has 0 unspecified atom stereocenters. The Morgan fingerprint density at radius 1 is 1.04 bits per heavy atom. The molecule has 1 aromatic carbocycles. The molecule has 1 N–H and O–H groups in total. The van der Waals surface area contributed by atoms with Crippen molar-refractivity contribution < 1.29 is 28.0 Å². The normalized spacial score (nSPS) is 10.3. The molecule has 2 aromatic heterocycles. The van der Waals surface area contributed by atoms with Gasteiger partial charge in [0.25, 0.3) is 11.8 Å². The number of carbonyl (C=O) groups excluding carboxylic acids is 3. The molecule has 0 bridgehead atoms. The lowest BCUT2D eigenvalue weighted by molar-refractivity contribution is -0.147. The molecule has 0 saturated heterocycles. The van der Waals surface area contributed by atoms with Gasteiger partial charge in [-0.3, -0.25) is 19.7 Å². The van der Waals surface area contributed by atoms with Gasteiger partial charge in [-0.15, -0.1) is 0 Å². The Balaban J connectivity index is 1.46. The zero-order valence-electron chi connectivity index (χ0n) is 13.5. The van der Waals surface area contributed by atoms with Crippen LogP contribution in [0.5, 0.6) is 0 Å². The summed E-state index contributed by atoms with van der Waals surface area (Å²) in [5.74, 6) is -1.76. The number of amides is 2. The van der Waals surface area contributed by atoms with E-state index in [9.17, 15) is 14.4 Å².